The molecule has 0 N–H and O–H groups in total. The van der Waals surface area contributed by atoms with Crippen molar-refractivity contribution in [3.63, 3.8) is 0 Å². The van der Waals surface area contributed by atoms with E-state index in [0.717, 1.165) is 22.2 Å². The number of aryl methyl sites for hydroxylation is 1. The van der Waals surface area contributed by atoms with E-state index in [-0.39, 0.29) is 5.63 Å². The molecule has 6 heteroatoms. The van der Waals surface area contributed by atoms with Gasteiger partial charge in [0.1, 0.15) is 5.58 Å². The van der Waals surface area contributed by atoms with Crippen LogP contribution in [0.15, 0.2) is 110 Å². The Hall–Kier alpha value is -4.03. The number of hydrogen-bond acceptors (Lipinski definition) is 5. The number of aromatic nitrogens is 1. The molecular formula is C27H21N3O2S. The highest BCUT2D eigenvalue weighted by Gasteiger charge is 2.14. The van der Waals surface area contributed by atoms with Gasteiger partial charge >= 0.3 is 5.63 Å². The first-order valence-corrected chi connectivity index (χ1v) is 11.4. The Morgan fingerprint density at radius 1 is 0.970 bits per heavy atom. The fraction of sp³-hybridized carbons (Fsp3) is 0.0741. The largest absolute Gasteiger partial charge is 0.422 e. The SMILES string of the molecule is Cc1ccc(C=NN=c2scc(-c3cc4ccccc4oc3=O)n2Cc2ccccc2)cc1. The van der Waals surface area contributed by atoms with E-state index < -0.39 is 0 Å². The molecule has 0 bridgehead atoms. The van der Waals surface area contributed by atoms with Gasteiger partial charge in [0.2, 0.25) is 4.80 Å². The van der Waals surface area contributed by atoms with E-state index in [4.69, 9.17) is 4.42 Å². The van der Waals surface area contributed by atoms with E-state index in [1.54, 1.807) is 12.3 Å². The molecule has 0 saturated heterocycles. The zero-order chi connectivity index (χ0) is 22.6. The first-order valence-electron chi connectivity index (χ1n) is 10.6. The third-order valence-corrected chi connectivity index (χ3v) is 6.18. The fourth-order valence-corrected chi connectivity index (χ4v) is 4.44. The average Bonchev–Trinajstić information content (AvgIpc) is 3.22. The number of para-hydroxylation sites is 1. The van der Waals surface area contributed by atoms with Crippen LogP contribution < -0.4 is 10.4 Å². The van der Waals surface area contributed by atoms with Gasteiger partial charge in [0.15, 0.2) is 0 Å². The molecule has 5 nitrogen and oxygen atoms in total. The van der Waals surface area contributed by atoms with Crippen molar-refractivity contribution in [3.8, 4) is 11.3 Å². The van der Waals surface area contributed by atoms with Crippen LogP contribution in [0.2, 0.25) is 0 Å². The van der Waals surface area contributed by atoms with Crippen LogP contribution in [0, 0.1) is 6.92 Å². The second-order valence-corrected chi connectivity index (χ2v) is 8.55. The van der Waals surface area contributed by atoms with Crippen LogP contribution in [0.1, 0.15) is 16.7 Å². The summed E-state index contributed by atoms with van der Waals surface area (Å²) in [5, 5.41) is 11.6. The number of nitrogens with zero attached hydrogens (tertiary/aromatic N) is 3. The molecule has 5 rings (SSSR count). The molecular weight excluding hydrogens is 430 g/mol. The lowest BCUT2D eigenvalue weighted by Crippen LogP contribution is -2.18. The molecule has 0 aliphatic rings. The van der Waals surface area contributed by atoms with Gasteiger partial charge in [-0.25, -0.2) is 4.79 Å². The Bertz CT molecular complexity index is 1560. The van der Waals surface area contributed by atoms with E-state index in [1.807, 2.05) is 83.6 Å². The van der Waals surface area contributed by atoms with Crippen LogP contribution in [0.25, 0.3) is 22.2 Å². The first-order chi connectivity index (χ1) is 16.2. The van der Waals surface area contributed by atoms with Gasteiger partial charge in [0.05, 0.1) is 24.0 Å². The summed E-state index contributed by atoms with van der Waals surface area (Å²) in [6.07, 6.45) is 1.73. The van der Waals surface area contributed by atoms with E-state index in [2.05, 4.69) is 22.3 Å². The van der Waals surface area contributed by atoms with Crippen LogP contribution in [-0.4, -0.2) is 10.8 Å². The Labute approximate surface area is 194 Å². The van der Waals surface area contributed by atoms with Crippen LogP contribution in [0.3, 0.4) is 0 Å². The zero-order valence-electron chi connectivity index (χ0n) is 18.0. The molecule has 0 saturated carbocycles. The van der Waals surface area contributed by atoms with Crippen LogP contribution in [-0.2, 0) is 6.54 Å². The summed E-state index contributed by atoms with van der Waals surface area (Å²) in [5.41, 5.74) is 4.74. The third-order valence-electron chi connectivity index (χ3n) is 5.33. The van der Waals surface area contributed by atoms with Gasteiger partial charge in [-0.15, -0.1) is 16.4 Å². The minimum Gasteiger partial charge on any atom is -0.422 e. The van der Waals surface area contributed by atoms with E-state index in [1.165, 1.54) is 16.9 Å². The third kappa shape index (κ3) is 4.61. The summed E-state index contributed by atoms with van der Waals surface area (Å²) in [7, 11) is 0. The van der Waals surface area contributed by atoms with Crippen molar-refractivity contribution in [2.75, 3.05) is 0 Å². The van der Waals surface area contributed by atoms with Gasteiger partial charge in [-0.05, 0) is 30.2 Å². The fourth-order valence-electron chi connectivity index (χ4n) is 3.58. The van der Waals surface area contributed by atoms with Crippen molar-refractivity contribution in [1.82, 2.24) is 4.57 Å². The van der Waals surface area contributed by atoms with E-state index >= 15 is 0 Å². The highest BCUT2D eigenvalue weighted by atomic mass is 32.1. The summed E-state index contributed by atoms with van der Waals surface area (Å²) in [6, 6.07) is 27.6. The van der Waals surface area contributed by atoms with Crippen molar-refractivity contribution in [1.29, 1.82) is 0 Å². The molecule has 0 radical (unpaired) electrons. The van der Waals surface area contributed by atoms with Crippen molar-refractivity contribution >= 4 is 28.5 Å². The molecule has 0 fully saturated rings. The molecule has 0 atom stereocenters. The Morgan fingerprint density at radius 3 is 2.55 bits per heavy atom. The molecule has 0 unspecified atom stereocenters. The molecule has 0 spiro atoms. The molecule has 0 amide bonds. The predicted octanol–water partition coefficient (Wildman–Crippen LogP) is 5.61. The molecule has 2 heterocycles. The normalized spacial score (nSPS) is 12.1. The smallest absolute Gasteiger partial charge is 0.345 e. The number of thiazole rings is 1. The minimum atomic E-state index is -0.372. The molecule has 162 valence electrons. The van der Waals surface area contributed by atoms with Gasteiger partial charge in [-0.3, -0.25) is 0 Å². The van der Waals surface area contributed by atoms with Gasteiger partial charge in [0.25, 0.3) is 0 Å². The van der Waals surface area contributed by atoms with Gasteiger partial charge in [-0.1, -0.05) is 78.4 Å². The predicted molar refractivity (Wildman–Crippen MR) is 134 cm³/mol. The van der Waals surface area contributed by atoms with Crippen molar-refractivity contribution < 1.29 is 4.42 Å². The standard InChI is InChI=1S/C27H21N3O2S/c1-19-11-13-20(14-12-19)16-28-29-27-30(17-21-7-3-2-4-8-21)24(18-33-27)23-15-22-9-5-6-10-25(22)32-26(23)31/h2-16,18H,17H2,1H3. The second kappa shape index (κ2) is 9.22. The Morgan fingerprint density at radius 2 is 1.73 bits per heavy atom. The maximum absolute atomic E-state index is 12.8. The van der Waals surface area contributed by atoms with Crippen LogP contribution >= 0.6 is 11.3 Å². The summed E-state index contributed by atoms with van der Waals surface area (Å²) in [4.78, 5) is 13.5. The van der Waals surface area contributed by atoms with Crippen molar-refractivity contribution in [2.45, 2.75) is 13.5 Å². The highest BCUT2D eigenvalue weighted by Crippen LogP contribution is 2.22. The lowest BCUT2D eigenvalue weighted by Gasteiger charge is -2.09. The van der Waals surface area contributed by atoms with E-state index in [9.17, 15) is 4.79 Å². The molecule has 5 aromatic rings. The summed E-state index contributed by atoms with van der Waals surface area (Å²) in [6.45, 7) is 2.61. The number of hydrogen-bond donors (Lipinski definition) is 0. The first kappa shape index (κ1) is 20.8. The zero-order valence-corrected chi connectivity index (χ0v) is 18.8. The molecule has 33 heavy (non-hydrogen) atoms. The molecule has 0 aliphatic carbocycles. The molecule has 2 aromatic heterocycles. The number of benzene rings is 3. The highest BCUT2D eigenvalue weighted by molar-refractivity contribution is 7.07. The quantitative estimate of drug-likeness (QED) is 0.198. The lowest BCUT2D eigenvalue weighted by molar-refractivity contribution is 0.562. The Kier molecular flexibility index (Phi) is 5.83. The lowest BCUT2D eigenvalue weighted by atomic mass is 10.1. The van der Waals surface area contributed by atoms with Gasteiger partial charge < -0.3 is 8.98 Å². The number of fused-ring (bicyclic) bond motifs is 1. The average molecular weight is 452 g/mol. The van der Waals surface area contributed by atoms with E-state index in [0.29, 0.717) is 22.5 Å². The molecule has 0 aliphatic heterocycles. The van der Waals surface area contributed by atoms with Crippen LogP contribution in [0.5, 0.6) is 0 Å². The maximum atomic E-state index is 12.8. The monoisotopic (exact) mass is 451 g/mol. The Balaban J connectivity index is 1.61. The van der Waals surface area contributed by atoms with Crippen molar-refractivity contribution in [3.05, 3.63) is 122 Å². The maximum Gasteiger partial charge on any atom is 0.345 e. The minimum absolute atomic E-state index is 0.372. The second-order valence-electron chi connectivity index (χ2n) is 7.72. The molecule has 3 aromatic carbocycles. The van der Waals surface area contributed by atoms with Gasteiger partial charge in [-0.2, -0.15) is 5.10 Å². The summed E-state index contributed by atoms with van der Waals surface area (Å²) < 4.78 is 7.59. The summed E-state index contributed by atoms with van der Waals surface area (Å²) >= 11 is 1.44. The topological polar surface area (TPSA) is 59.9 Å². The van der Waals surface area contributed by atoms with Crippen molar-refractivity contribution in [2.24, 2.45) is 10.2 Å². The summed E-state index contributed by atoms with van der Waals surface area (Å²) in [5.74, 6) is 0. The van der Waals surface area contributed by atoms with Crippen LogP contribution in [0.4, 0.5) is 0 Å². The van der Waals surface area contributed by atoms with Gasteiger partial charge in [0, 0.05) is 10.8 Å². The number of rotatable bonds is 5.